The quantitative estimate of drug-likeness (QED) is 0.593. The van der Waals surface area contributed by atoms with E-state index in [9.17, 15) is 10.1 Å². The van der Waals surface area contributed by atoms with Crippen LogP contribution in [0.2, 0.25) is 10.0 Å². The van der Waals surface area contributed by atoms with Crippen molar-refractivity contribution < 1.29 is 10.0 Å². The van der Waals surface area contributed by atoms with Gasteiger partial charge in [-0.2, -0.15) is 11.8 Å². The van der Waals surface area contributed by atoms with Gasteiger partial charge in [0.15, 0.2) is 0 Å². The molecular weight excluding hydrogens is 311 g/mol. The average Bonchev–Trinajstić information content (AvgIpc) is 2.33. The summed E-state index contributed by atoms with van der Waals surface area (Å²) in [6, 6.07) is 2.51. The molecule has 0 aliphatic carbocycles. The van der Waals surface area contributed by atoms with Gasteiger partial charge in [0.05, 0.1) is 20.7 Å². The van der Waals surface area contributed by atoms with Crippen LogP contribution in [0, 0.1) is 10.1 Å². The van der Waals surface area contributed by atoms with Crippen LogP contribution in [-0.4, -0.2) is 34.7 Å². The summed E-state index contributed by atoms with van der Waals surface area (Å²) in [5.41, 5.74) is 0.311. The third kappa shape index (κ3) is 4.72. The number of nitro groups is 1. The number of aliphatic hydroxyl groups excluding tert-OH is 1. The van der Waals surface area contributed by atoms with Crippen molar-refractivity contribution in [1.82, 2.24) is 0 Å². The highest BCUT2D eigenvalue weighted by molar-refractivity contribution is 7.98. The lowest BCUT2D eigenvalue weighted by molar-refractivity contribution is -0.384. The van der Waals surface area contributed by atoms with Gasteiger partial charge in [0, 0.05) is 30.5 Å². The monoisotopic (exact) mass is 324 g/mol. The highest BCUT2D eigenvalue weighted by Crippen LogP contribution is 2.35. The largest absolute Gasteiger partial charge is 0.396 e. The van der Waals surface area contributed by atoms with Gasteiger partial charge in [0.25, 0.3) is 5.69 Å². The van der Waals surface area contributed by atoms with Crippen LogP contribution in [0.3, 0.4) is 0 Å². The molecule has 0 bridgehead atoms. The van der Waals surface area contributed by atoms with Crippen LogP contribution in [-0.2, 0) is 0 Å². The number of rotatable bonds is 7. The van der Waals surface area contributed by atoms with Crippen LogP contribution >= 0.6 is 35.0 Å². The summed E-state index contributed by atoms with van der Waals surface area (Å²) >= 11 is 13.6. The summed E-state index contributed by atoms with van der Waals surface area (Å²) < 4.78 is 0. The van der Waals surface area contributed by atoms with Gasteiger partial charge in [0.2, 0.25) is 0 Å². The first kappa shape index (κ1) is 16.4. The van der Waals surface area contributed by atoms with E-state index in [-0.39, 0.29) is 28.4 Å². The van der Waals surface area contributed by atoms with Gasteiger partial charge in [-0.1, -0.05) is 23.2 Å². The molecule has 1 aromatic carbocycles. The molecule has 19 heavy (non-hydrogen) atoms. The summed E-state index contributed by atoms with van der Waals surface area (Å²) in [6.07, 6.45) is 2.50. The molecule has 0 heterocycles. The predicted octanol–water partition coefficient (Wildman–Crippen LogP) is 3.43. The first-order chi connectivity index (χ1) is 8.99. The lowest BCUT2D eigenvalue weighted by Crippen LogP contribution is -2.24. The van der Waals surface area contributed by atoms with Crippen molar-refractivity contribution >= 4 is 46.3 Å². The Morgan fingerprint density at radius 2 is 2.05 bits per heavy atom. The fraction of sp³-hybridized carbons (Fsp3) is 0.455. The molecule has 0 spiro atoms. The molecule has 0 amide bonds. The Balaban J connectivity index is 2.96. The Bertz CT molecular complexity index is 431. The number of thioether (sulfide) groups is 1. The van der Waals surface area contributed by atoms with Gasteiger partial charge >= 0.3 is 0 Å². The Morgan fingerprint density at radius 1 is 1.47 bits per heavy atom. The first-order valence-electron chi connectivity index (χ1n) is 5.49. The van der Waals surface area contributed by atoms with Crippen LogP contribution in [0.4, 0.5) is 11.4 Å². The molecule has 1 atom stereocenters. The number of non-ortho nitro benzene ring substituents is 1. The zero-order chi connectivity index (χ0) is 14.4. The average molecular weight is 325 g/mol. The van der Waals surface area contributed by atoms with Crippen LogP contribution in [0.1, 0.15) is 6.42 Å². The summed E-state index contributed by atoms with van der Waals surface area (Å²) in [4.78, 5) is 10.1. The Hall–Kier alpha value is -0.690. The lowest BCUT2D eigenvalue weighted by Gasteiger charge is -2.19. The minimum Gasteiger partial charge on any atom is -0.396 e. The molecule has 1 rings (SSSR count). The maximum atomic E-state index is 10.7. The third-order valence-corrected chi connectivity index (χ3v) is 3.76. The number of aliphatic hydroxyl groups is 1. The molecule has 0 saturated heterocycles. The van der Waals surface area contributed by atoms with E-state index in [1.54, 1.807) is 11.8 Å². The van der Waals surface area contributed by atoms with E-state index < -0.39 is 4.92 Å². The first-order valence-corrected chi connectivity index (χ1v) is 7.64. The highest BCUT2D eigenvalue weighted by atomic mass is 35.5. The topological polar surface area (TPSA) is 75.4 Å². The lowest BCUT2D eigenvalue weighted by atomic mass is 10.2. The third-order valence-electron chi connectivity index (χ3n) is 2.43. The van der Waals surface area contributed by atoms with Gasteiger partial charge in [-0.15, -0.1) is 0 Å². The number of hydrogen-bond donors (Lipinski definition) is 2. The number of hydrogen-bond acceptors (Lipinski definition) is 5. The van der Waals surface area contributed by atoms with Crippen molar-refractivity contribution in [3.8, 4) is 0 Å². The fourth-order valence-corrected chi connectivity index (χ4v) is 2.80. The Kier molecular flexibility index (Phi) is 6.71. The number of nitrogens with one attached hydrogen (secondary N) is 1. The predicted molar refractivity (Wildman–Crippen MR) is 80.6 cm³/mol. The molecular formula is C11H14Cl2N2O3S. The van der Waals surface area contributed by atoms with E-state index in [0.717, 1.165) is 5.75 Å². The summed E-state index contributed by atoms with van der Waals surface area (Å²) in [5, 5.41) is 23.2. The zero-order valence-corrected chi connectivity index (χ0v) is 12.6. The van der Waals surface area contributed by atoms with Gasteiger partial charge in [0.1, 0.15) is 0 Å². The second-order valence-corrected chi connectivity index (χ2v) is 5.58. The van der Waals surface area contributed by atoms with E-state index in [1.165, 1.54) is 12.1 Å². The van der Waals surface area contributed by atoms with Gasteiger partial charge in [-0.05, 0) is 12.7 Å². The van der Waals surface area contributed by atoms with Gasteiger partial charge < -0.3 is 10.4 Å². The molecule has 0 aliphatic rings. The van der Waals surface area contributed by atoms with Gasteiger partial charge in [-0.25, -0.2) is 0 Å². The standard InChI is InChI=1S/C11H14Cl2N2O3S/c1-19-6-7(2-3-16)14-11-9(12)4-8(15(17)18)5-10(11)13/h4-5,7,14,16H,2-3,6H2,1H3. The minimum atomic E-state index is -0.547. The maximum Gasteiger partial charge on any atom is 0.272 e. The van der Waals surface area contributed by atoms with E-state index in [0.29, 0.717) is 12.1 Å². The molecule has 0 radical (unpaired) electrons. The van der Waals surface area contributed by atoms with Crippen LogP contribution < -0.4 is 5.32 Å². The van der Waals surface area contributed by atoms with Crippen molar-refractivity contribution in [2.75, 3.05) is 23.9 Å². The summed E-state index contributed by atoms with van der Waals surface area (Å²) in [7, 11) is 0. The van der Waals surface area contributed by atoms with Crippen LogP contribution in [0.15, 0.2) is 12.1 Å². The molecule has 1 aromatic rings. The zero-order valence-electron chi connectivity index (χ0n) is 10.2. The van der Waals surface area contributed by atoms with Crippen LogP contribution in [0.25, 0.3) is 0 Å². The molecule has 2 N–H and O–H groups in total. The summed E-state index contributed by atoms with van der Waals surface area (Å²) in [6.45, 7) is 0.0421. The Labute approximate surface area is 125 Å². The van der Waals surface area contributed by atoms with Crippen molar-refractivity contribution in [3.05, 3.63) is 32.3 Å². The maximum absolute atomic E-state index is 10.7. The molecule has 0 fully saturated rings. The molecule has 8 heteroatoms. The molecule has 106 valence electrons. The Morgan fingerprint density at radius 3 is 2.47 bits per heavy atom. The fourth-order valence-electron chi connectivity index (χ4n) is 1.56. The number of nitro benzene ring substituents is 1. The molecule has 0 saturated carbocycles. The molecule has 1 unspecified atom stereocenters. The molecule has 5 nitrogen and oxygen atoms in total. The second kappa shape index (κ2) is 7.79. The van der Waals surface area contributed by atoms with Crippen molar-refractivity contribution in [2.24, 2.45) is 0 Å². The SMILES string of the molecule is CSCC(CCO)Nc1c(Cl)cc([N+](=O)[O-])cc1Cl. The molecule has 0 aromatic heterocycles. The van der Waals surface area contributed by atoms with Crippen molar-refractivity contribution in [1.29, 1.82) is 0 Å². The van der Waals surface area contributed by atoms with E-state index >= 15 is 0 Å². The van der Waals surface area contributed by atoms with Gasteiger partial charge in [-0.3, -0.25) is 10.1 Å². The normalized spacial score (nSPS) is 12.2. The minimum absolute atomic E-state index is 0.00328. The highest BCUT2D eigenvalue weighted by Gasteiger charge is 2.17. The van der Waals surface area contributed by atoms with Crippen molar-refractivity contribution in [3.63, 3.8) is 0 Å². The number of halogens is 2. The number of nitrogens with zero attached hydrogens (tertiary/aromatic N) is 1. The van der Waals surface area contributed by atoms with Crippen molar-refractivity contribution in [2.45, 2.75) is 12.5 Å². The number of benzene rings is 1. The van der Waals surface area contributed by atoms with E-state index in [4.69, 9.17) is 28.3 Å². The summed E-state index contributed by atoms with van der Waals surface area (Å²) in [5.74, 6) is 0.768. The van der Waals surface area contributed by atoms with E-state index in [2.05, 4.69) is 5.32 Å². The van der Waals surface area contributed by atoms with E-state index in [1.807, 2.05) is 6.26 Å². The second-order valence-electron chi connectivity index (χ2n) is 3.85. The molecule has 0 aliphatic heterocycles. The van der Waals surface area contributed by atoms with Crippen LogP contribution in [0.5, 0.6) is 0 Å². The smallest absolute Gasteiger partial charge is 0.272 e. The number of anilines is 1.